The van der Waals surface area contributed by atoms with Crippen LogP contribution in [-0.4, -0.2) is 71.3 Å². The summed E-state index contributed by atoms with van der Waals surface area (Å²) in [5.74, 6) is 2.51. The molecule has 0 saturated heterocycles. The number of β-amino-alcohol motifs (C(OH)–C–C–N with tert-alkyl or cyclic N) is 1. The molecule has 1 amide bonds. The maximum absolute atomic E-state index is 13.1. The average Bonchev–Trinajstić information content (AvgIpc) is 3.47. The van der Waals surface area contributed by atoms with Crippen LogP contribution in [-0.2, 0) is 19.6 Å². The molecule has 10 nitrogen and oxygen atoms in total. The Morgan fingerprint density at radius 1 is 1.33 bits per heavy atom. The number of fused-ring (bicyclic) bond motifs is 1. The van der Waals surface area contributed by atoms with Crippen molar-refractivity contribution >= 4 is 42.6 Å². The van der Waals surface area contributed by atoms with Crippen molar-refractivity contribution in [2.75, 3.05) is 43.4 Å². The topological polar surface area (TPSA) is 116 Å². The number of nitrogens with zero attached hydrogens (tertiary/aromatic N) is 4. The second-order valence-corrected chi connectivity index (χ2v) is 11.3. The van der Waals surface area contributed by atoms with Gasteiger partial charge in [0.05, 0.1) is 17.3 Å². The van der Waals surface area contributed by atoms with Gasteiger partial charge in [-0.3, -0.25) is 9.69 Å². The van der Waals surface area contributed by atoms with Crippen LogP contribution in [0, 0.1) is 0 Å². The van der Waals surface area contributed by atoms with E-state index in [1.807, 2.05) is 25.2 Å². The van der Waals surface area contributed by atoms with Gasteiger partial charge in [-0.05, 0) is 61.4 Å². The zero-order chi connectivity index (χ0) is 28.8. The van der Waals surface area contributed by atoms with Crippen molar-refractivity contribution in [2.24, 2.45) is 0 Å². The molecule has 3 aromatic rings. The van der Waals surface area contributed by atoms with Gasteiger partial charge in [-0.2, -0.15) is 13.5 Å². The number of rotatable bonds is 13. The van der Waals surface area contributed by atoms with Crippen molar-refractivity contribution in [3.63, 3.8) is 0 Å². The Kier molecular flexibility index (Phi) is 11.4. The smallest absolute Gasteiger partial charge is 0.251 e. The molecule has 3 N–H and O–H groups in total. The maximum Gasteiger partial charge on any atom is 0.251 e. The number of aliphatic hydroxyl groups is 1. The number of ether oxygens (including phenoxy) is 1. The fourth-order valence-corrected chi connectivity index (χ4v) is 5.51. The summed E-state index contributed by atoms with van der Waals surface area (Å²) in [5.41, 5.74) is 2.71. The fourth-order valence-electron chi connectivity index (χ4n) is 5.18. The molecule has 1 fully saturated rings. The lowest BCUT2D eigenvalue weighted by molar-refractivity contribution is 0.0841. The molecule has 42 heavy (non-hydrogen) atoms. The van der Waals surface area contributed by atoms with Crippen LogP contribution >= 0.6 is 25.1 Å². The summed E-state index contributed by atoms with van der Waals surface area (Å²) in [4.78, 5) is 26.0. The SMILES string of the molecule is CCCN(C)c1cc(C(=O)NC[C@H](O)CN2CCc3c(ccc(OCc4cnco4)c3Cl)C2)cc(NC2CCC2)n1.S. The van der Waals surface area contributed by atoms with Gasteiger partial charge < -0.3 is 29.8 Å². The molecule has 228 valence electrons. The quantitative estimate of drug-likeness (QED) is 0.257. The third-order valence-corrected chi connectivity index (χ3v) is 8.09. The predicted octanol–water partition coefficient (Wildman–Crippen LogP) is 4.37. The number of hydrogen-bond donors (Lipinski definition) is 3. The molecule has 1 saturated carbocycles. The van der Waals surface area contributed by atoms with Crippen LogP contribution in [0.1, 0.15) is 59.9 Å². The molecule has 2 aromatic heterocycles. The second-order valence-electron chi connectivity index (χ2n) is 10.9. The molecule has 0 bridgehead atoms. The number of aromatic nitrogens is 2. The fraction of sp³-hybridized carbons (Fsp3) is 0.500. The first-order valence-electron chi connectivity index (χ1n) is 14.4. The van der Waals surface area contributed by atoms with Crippen LogP contribution in [0.2, 0.25) is 5.02 Å². The molecule has 0 unspecified atom stereocenters. The van der Waals surface area contributed by atoms with E-state index in [1.54, 1.807) is 12.3 Å². The van der Waals surface area contributed by atoms with Crippen LogP contribution in [0.4, 0.5) is 11.6 Å². The third-order valence-electron chi connectivity index (χ3n) is 7.68. The summed E-state index contributed by atoms with van der Waals surface area (Å²) in [6.07, 6.45) is 7.46. The number of anilines is 2. The standard InChI is InChI=1S/C30H39ClN6O4.H2S/c1-3-10-36(2)28-13-21(12-27(35-28)34-22-5-4-6-22)30(39)33-14-23(38)17-37-11-9-25-20(16-37)7-8-26(29(25)31)40-18-24-15-32-19-41-24;/h7-8,12-13,15,19,22-23,38H,3-6,9-11,14,16-18H2,1-2H3,(H,33,39)(H,34,35);1H2/t23-;/m0./s1. The third kappa shape index (κ3) is 8.09. The Hall–Kier alpha value is -2.99. The Balaban J connectivity index is 0.00000405. The zero-order valence-electron chi connectivity index (χ0n) is 24.2. The Labute approximate surface area is 259 Å². The van der Waals surface area contributed by atoms with E-state index in [9.17, 15) is 9.90 Å². The lowest BCUT2D eigenvalue weighted by Crippen LogP contribution is -2.42. The van der Waals surface area contributed by atoms with E-state index >= 15 is 0 Å². The predicted molar refractivity (Wildman–Crippen MR) is 169 cm³/mol. The summed E-state index contributed by atoms with van der Waals surface area (Å²) in [6.45, 7) is 5.23. The minimum Gasteiger partial charge on any atom is -0.484 e. The summed E-state index contributed by atoms with van der Waals surface area (Å²) >= 11 is 6.66. The van der Waals surface area contributed by atoms with E-state index in [2.05, 4.69) is 32.3 Å². The first-order chi connectivity index (χ1) is 19.9. The van der Waals surface area contributed by atoms with Gasteiger partial charge in [-0.1, -0.05) is 24.6 Å². The number of amides is 1. The van der Waals surface area contributed by atoms with Gasteiger partial charge in [0.2, 0.25) is 0 Å². The molecule has 0 spiro atoms. The summed E-state index contributed by atoms with van der Waals surface area (Å²) in [5, 5.41) is 17.8. The van der Waals surface area contributed by atoms with Crippen LogP contribution in [0.15, 0.2) is 41.3 Å². The van der Waals surface area contributed by atoms with E-state index in [-0.39, 0.29) is 32.6 Å². The lowest BCUT2D eigenvalue weighted by atomic mass is 9.93. The summed E-state index contributed by atoms with van der Waals surface area (Å²) in [6, 6.07) is 7.92. The molecule has 1 atom stereocenters. The molecule has 12 heteroatoms. The largest absolute Gasteiger partial charge is 0.484 e. The van der Waals surface area contributed by atoms with E-state index in [0.717, 1.165) is 61.5 Å². The molecule has 1 aromatic carbocycles. The first-order valence-corrected chi connectivity index (χ1v) is 14.8. The van der Waals surface area contributed by atoms with Gasteiger partial charge >= 0.3 is 0 Å². The second kappa shape index (κ2) is 15.0. The first kappa shape index (κ1) is 31.9. The van der Waals surface area contributed by atoms with Gasteiger partial charge in [-0.25, -0.2) is 9.97 Å². The number of carbonyl (C=O) groups is 1. The molecular weight excluding hydrogens is 576 g/mol. The highest BCUT2D eigenvalue weighted by Gasteiger charge is 2.24. The van der Waals surface area contributed by atoms with Gasteiger partial charge in [-0.15, -0.1) is 0 Å². The number of benzene rings is 1. The van der Waals surface area contributed by atoms with E-state index in [0.29, 0.717) is 41.2 Å². The number of halogens is 1. The van der Waals surface area contributed by atoms with Gasteiger partial charge in [0.15, 0.2) is 12.2 Å². The van der Waals surface area contributed by atoms with E-state index in [4.69, 9.17) is 25.7 Å². The normalized spacial score (nSPS) is 15.6. The number of hydrogen-bond acceptors (Lipinski definition) is 9. The molecule has 5 rings (SSSR count). The molecule has 0 radical (unpaired) electrons. The van der Waals surface area contributed by atoms with Crippen molar-refractivity contribution in [1.82, 2.24) is 20.2 Å². The Morgan fingerprint density at radius 2 is 2.17 bits per heavy atom. The molecule has 1 aliphatic carbocycles. The molecule has 1 aliphatic heterocycles. The van der Waals surface area contributed by atoms with Crippen LogP contribution in [0.5, 0.6) is 5.75 Å². The Morgan fingerprint density at radius 3 is 2.88 bits per heavy atom. The minimum absolute atomic E-state index is 0. The van der Waals surface area contributed by atoms with Crippen molar-refractivity contribution < 1.29 is 19.1 Å². The highest BCUT2D eigenvalue weighted by Crippen LogP contribution is 2.34. The van der Waals surface area contributed by atoms with Crippen molar-refractivity contribution in [1.29, 1.82) is 0 Å². The minimum atomic E-state index is -0.711. The number of aliphatic hydroxyl groups excluding tert-OH is 1. The molecule has 2 aliphatic rings. The van der Waals surface area contributed by atoms with Crippen LogP contribution in [0.25, 0.3) is 0 Å². The number of pyridine rings is 1. The van der Waals surface area contributed by atoms with Gasteiger partial charge in [0.25, 0.3) is 5.91 Å². The molecule has 3 heterocycles. The van der Waals surface area contributed by atoms with Crippen molar-refractivity contribution in [3.05, 3.63) is 64.3 Å². The summed E-state index contributed by atoms with van der Waals surface area (Å²) in [7, 11) is 1.99. The number of nitrogens with one attached hydrogen (secondary N) is 2. The van der Waals surface area contributed by atoms with Gasteiger partial charge in [0, 0.05) is 51.4 Å². The molecular formula is C30H41ClN6O4S. The van der Waals surface area contributed by atoms with Crippen molar-refractivity contribution in [2.45, 2.75) is 64.3 Å². The van der Waals surface area contributed by atoms with Crippen LogP contribution < -0.4 is 20.3 Å². The Bertz CT molecular complexity index is 1320. The van der Waals surface area contributed by atoms with E-state index in [1.165, 1.54) is 12.8 Å². The van der Waals surface area contributed by atoms with E-state index < -0.39 is 6.10 Å². The van der Waals surface area contributed by atoms with Crippen molar-refractivity contribution in [3.8, 4) is 5.75 Å². The number of carbonyl (C=O) groups excluding carboxylic acids is 1. The monoisotopic (exact) mass is 616 g/mol. The highest BCUT2D eigenvalue weighted by atomic mass is 35.5. The zero-order valence-corrected chi connectivity index (χ0v) is 26.0. The highest BCUT2D eigenvalue weighted by molar-refractivity contribution is 7.59. The van der Waals surface area contributed by atoms with Gasteiger partial charge in [0.1, 0.15) is 24.0 Å². The average molecular weight is 617 g/mol. The maximum atomic E-state index is 13.1. The number of oxazole rings is 1. The van der Waals surface area contributed by atoms with Crippen LogP contribution in [0.3, 0.4) is 0 Å². The summed E-state index contributed by atoms with van der Waals surface area (Å²) < 4.78 is 11.1. The lowest BCUT2D eigenvalue weighted by Gasteiger charge is -2.31.